The molecule has 4 saturated carbocycles. The molecule has 4 bridgehead atoms. The number of benzene rings is 1. The second kappa shape index (κ2) is 7.27. The summed E-state index contributed by atoms with van der Waals surface area (Å²) in [4.78, 5) is 25.2. The van der Waals surface area contributed by atoms with E-state index in [1.54, 1.807) is 0 Å². The number of ether oxygens (including phenoxy) is 1. The number of carboxylic acid groups (broad SMARTS) is 1. The van der Waals surface area contributed by atoms with Crippen LogP contribution in [0.2, 0.25) is 5.02 Å². The summed E-state index contributed by atoms with van der Waals surface area (Å²) >= 11 is 13.2. The molecule has 30 heavy (non-hydrogen) atoms. The van der Waals surface area contributed by atoms with Gasteiger partial charge in [-0.05, 0) is 68.8 Å². The van der Waals surface area contributed by atoms with Gasteiger partial charge in [0.2, 0.25) is 0 Å². The highest BCUT2D eigenvalue weighted by molar-refractivity contribution is 6.32. The Labute approximate surface area is 184 Å². The Kier molecular flexibility index (Phi) is 4.93. The van der Waals surface area contributed by atoms with Crippen molar-refractivity contribution in [2.75, 3.05) is 6.54 Å². The van der Waals surface area contributed by atoms with Crippen LogP contribution < -0.4 is 4.74 Å². The van der Waals surface area contributed by atoms with Crippen LogP contribution in [-0.2, 0) is 4.79 Å². The van der Waals surface area contributed by atoms with E-state index in [0.717, 1.165) is 32.1 Å². The highest BCUT2D eigenvalue weighted by atomic mass is 35.5. The fraction of sp³-hybridized carbons (Fsp3) is 0.636. The molecule has 5 fully saturated rings. The minimum absolute atomic E-state index is 0.0400. The van der Waals surface area contributed by atoms with Gasteiger partial charge in [-0.15, -0.1) is 11.6 Å². The van der Waals surface area contributed by atoms with Crippen molar-refractivity contribution in [3.8, 4) is 5.75 Å². The van der Waals surface area contributed by atoms with Crippen LogP contribution in [0.1, 0.15) is 55.3 Å². The number of hydrogen-bond acceptors (Lipinski definition) is 3. The first-order valence-corrected chi connectivity index (χ1v) is 11.4. The Hall–Kier alpha value is -1.53. The molecule has 1 saturated heterocycles. The van der Waals surface area contributed by atoms with Gasteiger partial charge in [0.05, 0.1) is 10.6 Å². The number of aliphatic carboxylic acids is 1. The first-order chi connectivity index (χ1) is 14.2. The number of carbonyl (C=O) groups excluding carboxylic acids is 1. The lowest BCUT2D eigenvalue weighted by molar-refractivity contribution is -0.141. The van der Waals surface area contributed by atoms with Crippen molar-refractivity contribution in [3.63, 3.8) is 0 Å². The van der Waals surface area contributed by atoms with Gasteiger partial charge in [0.1, 0.15) is 23.7 Å². The van der Waals surface area contributed by atoms with E-state index in [1.807, 2.05) is 0 Å². The third-order valence-corrected chi connectivity index (χ3v) is 8.18. The third kappa shape index (κ3) is 3.36. The van der Waals surface area contributed by atoms with Crippen LogP contribution in [-0.4, -0.2) is 45.4 Å². The maximum Gasteiger partial charge on any atom is 0.326 e. The maximum absolute atomic E-state index is 14.9. The third-order valence-electron chi connectivity index (χ3n) is 7.43. The number of halogens is 3. The number of rotatable bonds is 4. The lowest BCUT2D eigenvalue weighted by atomic mass is 9.54. The van der Waals surface area contributed by atoms with Gasteiger partial charge in [-0.1, -0.05) is 11.6 Å². The largest absolute Gasteiger partial charge is 0.488 e. The van der Waals surface area contributed by atoms with E-state index in [2.05, 4.69) is 0 Å². The molecule has 1 aromatic carbocycles. The van der Waals surface area contributed by atoms with Crippen molar-refractivity contribution in [3.05, 3.63) is 28.5 Å². The Bertz CT molecular complexity index is 893. The Morgan fingerprint density at radius 3 is 2.53 bits per heavy atom. The molecule has 5 nitrogen and oxygen atoms in total. The second-order valence-electron chi connectivity index (χ2n) is 9.46. The quantitative estimate of drug-likeness (QED) is 0.666. The molecule has 1 heterocycles. The molecule has 2 unspecified atom stereocenters. The van der Waals surface area contributed by atoms with Gasteiger partial charge in [-0.2, -0.15) is 0 Å². The van der Waals surface area contributed by atoms with E-state index in [0.29, 0.717) is 30.6 Å². The van der Waals surface area contributed by atoms with Gasteiger partial charge in [-0.3, -0.25) is 4.79 Å². The smallest absolute Gasteiger partial charge is 0.326 e. The van der Waals surface area contributed by atoms with Crippen molar-refractivity contribution >= 4 is 35.1 Å². The van der Waals surface area contributed by atoms with Crippen molar-refractivity contribution in [1.29, 1.82) is 0 Å². The summed E-state index contributed by atoms with van der Waals surface area (Å²) in [5.41, 5.74) is -0.217. The molecule has 6 rings (SSSR count). The minimum Gasteiger partial charge on any atom is -0.488 e. The van der Waals surface area contributed by atoms with Gasteiger partial charge in [-0.25, -0.2) is 9.18 Å². The topological polar surface area (TPSA) is 66.8 Å². The van der Waals surface area contributed by atoms with E-state index in [4.69, 9.17) is 27.9 Å². The molecule has 8 heteroatoms. The van der Waals surface area contributed by atoms with E-state index >= 15 is 0 Å². The summed E-state index contributed by atoms with van der Waals surface area (Å²) in [5.74, 6) is -0.896. The Morgan fingerprint density at radius 1 is 1.20 bits per heavy atom. The average molecular weight is 456 g/mol. The molecule has 3 atom stereocenters. The summed E-state index contributed by atoms with van der Waals surface area (Å²) in [6.07, 6.45) is 5.96. The SMILES string of the molecule is O=C(O)[C@@H]1CCCN1C(=O)c1cc(Cl)c(OC2C3CC4CC2CC(Cl)(C4)C3)cc1F. The van der Waals surface area contributed by atoms with Crippen molar-refractivity contribution in [2.45, 2.75) is 62.0 Å². The van der Waals surface area contributed by atoms with E-state index in [1.165, 1.54) is 17.0 Å². The normalized spacial score (nSPS) is 36.9. The highest BCUT2D eigenvalue weighted by Gasteiger charge is 2.55. The van der Waals surface area contributed by atoms with Crippen LogP contribution >= 0.6 is 23.2 Å². The molecule has 1 amide bonds. The van der Waals surface area contributed by atoms with Crippen LogP contribution in [0.25, 0.3) is 0 Å². The van der Waals surface area contributed by atoms with Crippen LogP contribution in [0.3, 0.4) is 0 Å². The second-order valence-corrected chi connectivity index (χ2v) is 10.7. The average Bonchev–Trinajstić information content (AvgIpc) is 3.15. The number of amides is 1. The zero-order valence-electron chi connectivity index (χ0n) is 16.5. The first kappa shape index (κ1) is 20.4. The molecular formula is C22H24Cl2FNO4. The number of hydrogen-bond donors (Lipinski definition) is 1. The van der Waals surface area contributed by atoms with E-state index < -0.39 is 23.7 Å². The molecule has 162 valence electrons. The Morgan fingerprint density at radius 2 is 1.90 bits per heavy atom. The number of alkyl halides is 1. The van der Waals surface area contributed by atoms with Crippen LogP contribution in [0.4, 0.5) is 4.39 Å². The van der Waals surface area contributed by atoms with Crippen LogP contribution in [0, 0.1) is 23.6 Å². The predicted molar refractivity (Wildman–Crippen MR) is 110 cm³/mol. The minimum atomic E-state index is -1.08. The maximum atomic E-state index is 14.9. The van der Waals surface area contributed by atoms with Gasteiger partial charge in [0, 0.05) is 17.5 Å². The van der Waals surface area contributed by atoms with Gasteiger partial charge in [0.15, 0.2) is 0 Å². The van der Waals surface area contributed by atoms with E-state index in [9.17, 15) is 19.1 Å². The van der Waals surface area contributed by atoms with Gasteiger partial charge >= 0.3 is 5.97 Å². The number of carboxylic acids is 1. The standard InChI is InChI=1S/C22H24Cl2FNO4/c23-15-6-14(20(27)26-3-1-2-17(26)21(28)29)16(25)7-18(15)30-19-12-4-11-5-13(19)10-22(24,8-11)9-12/h6-7,11-13,17,19H,1-5,8-10H2,(H,28,29)/t11?,12?,13?,17-,19?,22?/m0/s1. The molecule has 0 aromatic heterocycles. The van der Waals surface area contributed by atoms with Crippen molar-refractivity contribution < 1.29 is 23.8 Å². The molecule has 1 N–H and O–H groups in total. The van der Waals surface area contributed by atoms with Crippen LogP contribution in [0.5, 0.6) is 5.75 Å². The number of nitrogens with zero attached hydrogens (tertiary/aromatic N) is 1. The van der Waals surface area contributed by atoms with E-state index in [-0.39, 0.29) is 33.9 Å². The summed E-state index contributed by atoms with van der Waals surface area (Å²) in [5, 5.41) is 9.47. The molecule has 5 aliphatic rings. The fourth-order valence-corrected chi connectivity index (χ4v) is 7.24. The number of carbonyl (C=O) groups is 2. The van der Waals surface area contributed by atoms with Crippen molar-refractivity contribution in [1.82, 2.24) is 4.90 Å². The zero-order valence-corrected chi connectivity index (χ0v) is 18.0. The lowest BCUT2D eigenvalue weighted by Gasteiger charge is -2.57. The monoisotopic (exact) mass is 455 g/mol. The molecule has 1 aliphatic heterocycles. The predicted octanol–water partition coefficient (Wildman–Crippen LogP) is 4.73. The van der Waals surface area contributed by atoms with Crippen LogP contribution in [0.15, 0.2) is 12.1 Å². The van der Waals surface area contributed by atoms with Gasteiger partial charge < -0.3 is 14.7 Å². The van der Waals surface area contributed by atoms with Crippen molar-refractivity contribution in [2.24, 2.45) is 17.8 Å². The number of likely N-dealkylation sites (tertiary alicyclic amines) is 1. The molecule has 0 radical (unpaired) electrons. The summed E-state index contributed by atoms with van der Waals surface area (Å²) in [6, 6.07) is 1.51. The first-order valence-electron chi connectivity index (χ1n) is 10.6. The molecule has 0 spiro atoms. The lowest BCUT2D eigenvalue weighted by Crippen LogP contribution is -2.56. The molecule has 1 aromatic rings. The fourth-order valence-electron chi connectivity index (χ4n) is 6.42. The van der Waals surface area contributed by atoms with Gasteiger partial charge in [0.25, 0.3) is 5.91 Å². The molecular weight excluding hydrogens is 432 g/mol. The summed E-state index contributed by atoms with van der Waals surface area (Å²) in [7, 11) is 0. The summed E-state index contributed by atoms with van der Waals surface area (Å²) in [6.45, 7) is 0.290. The summed E-state index contributed by atoms with van der Waals surface area (Å²) < 4.78 is 21.1. The Balaban J connectivity index is 1.36. The highest BCUT2D eigenvalue weighted by Crippen LogP contribution is 2.59. The zero-order chi connectivity index (χ0) is 21.2. The molecule has 4 aliphatic carbocycles.